The summed E-state index contributed by atoms with van der Waals surface area (Å²) in [7, 11) is 1.64. The fourth-order valence-electron chi connectivity index (χ4n) is 9.06. The van der Waals surface area contributed by atoms with Crippen molar-refractivity contribution in [2.45, 2.75) is 140 Å². The van der Waals surface area contributed by atoms with E-state index in [0.717, 1.165) is 42.8 Å². The Morgan fingerprint density at radius 1 is 0.523 bits per heavy atom. The summed E-state index contributed by atoms with van der Waals surface area (Å²) in [6.07, 6.45) is 25.3. The number of ether oxygens (including phenoxy) is 5. The van der Waals surface area contributed by atoms with Crippen molar-refractivity contribution < 1.29 is 28.5 Å². The molecule has 0 radical (unpaired) electrons. The molecule has 1 fully saturated rings. The van der Waals surface area contributed by atoms with Crippen molar-refractivity contribution in [3.05, 3.63) is 179 Å². The molecule has 1 unspecified atom stereocenters. The Labute approximate surface area is 390 Å². The zero-order valence-corrected chi connectivity index (χ0v) is 39.1. The van der Waals surface area contributed by atoms with Crippen LogP contribution in [0.15, 0.2) is 157 Å². The molecule has 0 spiro atoms. The zero-order chi connectivity index (χ0) is 45.1. The topological polar surface area (TPSA) is 63.2 Å². The second kappa shape index (κ2) is 28.0. The highest BCUT2D eigenvalue weighted by Crippen LogP contribution is 2.41. The summed E-state index contributed by atoms with van der Waals surface area (Å²) in [5.41, 5.74) is 3.85. The summed E-state index contributed by atoms with van der Waals surface area (Å²) in [6, 6.07) is 49.6. The molecule has 1 aliphatic rings. The average molecular weight is 879 g/mol. The number of esters is 1. The number of allylic oxidation sites excluding steroid dienone is 1. The van der Waals surface area contributed by atoms with Gasteiger partial charge in [-0.15, -0.1) is 0 Å². The Balaban J connectivity index is 0.770. The van der Waals surface area contributed by atoms with Crippen LogP contribution in [-0.4, -0.2) is 38.5 Å². The fourth-order valence-corrected chi connectivity index (χ4v) is 9.06. The molecule has 0 saturated carbocycles. The third-order valence-corrected chi connectivity index (χ3v) is 12.7. The van der Waals surface area contributed by atoms with Crippen molar-refractivity contribution in [1.82, 2.24) is 0 Å². The Morgan fingerprint density at radius 2 is 0.954 bits per heavy atom. The maximum absolute atomic E-state index is 13.1. The fraction of sp³-hybridized carbons (Fsp3) is 0.441. The monoisotopic (exact) mass is 879 g/mol. The van der Waals surface area contributed by atoms with Crippen LogP contribution >= 0.6 is 0 Å². The minimum atomic E-state index is -0.861. The Kier molecular flexibility index (Phi) is 21.2. The van der Waals surface area contributed by atoms with Crippen molar-refractivity contribution >= 4 is 5.97 Å². The van der Waals surface area contributed by atoms with Crippen molar-refractivity contribution in [2.24, 2.45) is 0 Å². The van der Waals surface area contributed by atoms with Crippen LogP contribution in [0.1, 0.15) is 144 Å². The van der Waals surface area contributed by atoms with E-state index in [-0.39, 0.29) is 19.2 Å². The van der Waals surface area contributed by atoms with E-state index < -0.39 is 11.2 Å². The highest BCUT2D eigenvalue weighted by atomic mass is 16.6. The van der Waals surface area contributed by atoms with E-state index in [4.69, 9.17) is 23.7 Å². The van der Waals surface area contributed by atoms with Gasteiger partial charge in [0.1, 0.15) is 23.7 Å². The van der Waals surface area contributed by atoms with Gasteiger partial charge >= 0.3 is 5.97 Å². The molecule has 1 saturated heterocycles. The van der Waals surface area contributed by atoms with E-state index in [1.807, 2.05) is 54.6 Å². The first-order chi connectivity index (χ1) is 32.1. The normalized spacial score (nSPS) is 15.6. The number of unbranched alkanes of at least 4 members (excludes halogenated alkanes) is 17. The average Bonchev–Trinajstić information content (AvgIpc) is 3.68. The number of carbonyl (C=O) groups is 1. The SMILES string of the molecule is COc1ccc(OCC2(COCc3ccccc3)C/C(=C/CCCCCCCCCCCCCCCCCCCOC(c3ccccc3)(c3ccccc3)c3ccccc3)C(=O)O2)cc1. The minimum Gasteiger partial charge on any atom is -0.497 e. The van der Waals surface area contributed by atoms with Crippen LogP contribution in [0.3, 0.4) is 0 Å². The van der Waals surface area contributed by atoms with Gasteiger partial charge in [-0.1, -0.05) is 224 Å². The number of methoxy groups -OCH3 is 1. The molecule has 0 aliphatic carbocycles. The van der Waals surface area contributed by atoms with Gasteiger partial charge in [-0.25, -0.2) is 4.79 Å². The van der Waals surface area contributed by atoms with E-state index in [1.165, 1.54) is 113 Å². The van der Waals surface area contributed by atoms with Gasteiger partial charge in [-0.05, 0) is 65.8 Å². The lowest BCUT2D eigenvalue weighted by molar-refractivity contribution is -0.156. The summed E-state index contributed by atoms with van der Waals surface area (Å²) < 4.78 is 30.5. The predicted octanol–water partition coefficient (Wildman–Crippen LogP) is 14.9. The molecule has 346 valence electrons. The summed E-state index contributed by atoms with van der Waals surface area (Å²) in [6.45, 7) is 1.67. The van der Waals surface area contributed by atoms with Crippen LogP contribution in [0.2, 0.25) is 0 Å². The summed E-state index contributed by atoms with van der Waals surface area (Å²) in [5.74, 6) is 1.21. The predicted molar refractivity (Wildman–Crippen MR) is 264 cm³/mol. The van der Waals surface area contributed by atoms with Crippen molar-refractivity contribution in [3.63, 3.8) is 0 Å². The number of cyclic esters (lactones) is 1. The molecule has 6 heteroatoms. The highest BCUT2D eigenvalue weighted by Gasteiger charge is 2.45. The van der Waals surface area contributed by atoms with Crippen molar-refractivity contribution in [2.75, 3.05) is 26.9 Å². The van der Waals surface area contributed by atoms with Gasteiger partial charge in [0.25, 0.3) is 0 Å². The van der Waals surface area contributed by atoms with E-state index in [9.17, 15) is 4.79 Å². The first-order valence-electron chi connectivity index (χ1n) is 24.7. The van der Waals surface area contributed by atoms with Gasteiger partial charge in [0.05, 0.1) is 20.3 Å². The molecule has 5 aromatic carbocycles. The molecule has 1 heterocycles. The molecular weight excluding hydrogens is 805 g/mol. The summed E-state index contributed by atoms with van der Waals surface area (Å²) in [4.78, 5) is 13.1. The molecule has 0 N–H and O–H groups in total. The standard InChI is InChI=1S/C59H74O6/c1-61-55-41-43-56(44-42-55)63-49-58(48-62-47-50-32-22-18-23-33-50)46-51(57(60)65-58)34-24-16-14-12-10-8-6-4-2-3-5-7-9-11-13-15-17-31-45-64-59(52-35-25-19-26-36-52,53-37-27-20-28-38-53)54-39-29-21-30-40-54/h18-23,25-30,32-44H,2-17,24,31,45-49H2,1H3/b51-34-. The molecular formula is C59H74O6. The lowest BCUT2D eigenvalue weighted by Crippen LogP contribution is -2.40. The van der Waals surface area contributed by atoms with Crippen LogP contribution in [0.25, 0.3) is 0 Å². The Morgan fingerprint density at radius 3 is 1.43 bits per heavy atom. The first-order valence-corrected chi connectivity index (χ1v) is 24.7. The number of rotatable bonds is 32. The molecule has 6 nitrogen and oxygen atoms in total. The van der Waals surface area contributed by atoms with Gasteiger partial charge in [0.15, 0.2) is 5.60 Å². The lowest BCUT2D eigenvalue weighted by Gasteiger charge is -2.36. The Bertz CT molecular complexity index is 1950. The quantitative estimate of drug-likeness (QED) is 0.0186. The molecule has 0 aromatic heterocycles. The van der Waals surface area contributed by atoms with Gasteiger partial charge in [0, 0.05) is 18.6 Å². The first kappa shape index (κ1) is 49.3. The van der Waals surface area contributed by atoms with E-state index >= 15 is 0 Å². The van der Waals surface area contributed by atoms with Crippen molar-refractivity contribution in [1.29, 1.82) is 0 Å². The van der Waals surface area contributed by atoms with Gasteiger partial charge in [0.2, 0.25) is 0 Å². The smallest absolute Gasteiger partial charge is 0.334 e. The second-order valence-electron chi connectivity index (χ2n) is 17.8. The molecule has 6 rings (SSSR count). The number of benzene rings is 5. The van der Waals surface area contributed by atoms with E-state index in [2.05, 4.69) is 97.1 Å². The lowest BCUT2D eigenvalue weighted by atomic mass is 9.80. The maximum Gasteiger partial charge on any atom is 0.334 e. The van der Waals surface area contributed by atoms with E-state index in [0.29, 0.717) is 18.8 Å². The third kappa shape index (κ3) is 16.0. The number of hydrogen-bond donors (Lipinski definition) is 0. The van der Waals surface area contributed by atoms with Crippen LogP contribution in [0.5, 0.6) is 11.5 Å². The van der Waals surface area contributed by atoms with Crippen molar-refractivity contribution in [3.8, 4) is 11.5 Å². The third-order valence-electron chi connectivity index (χ3n) is 12.7. The highest BCUT2D eigenvalue weighted by molar-refractivity contribution is 5.91. The van der Waals surface area contributed by atoms with Crippen LogP contribution in [-0.2, 0) is 31.2 Å². The maximum atomic E-state index is 13.1. The summed E-state index contributed by atoms with van der Waals surface area (Å²) in [5, 5.41) is 0. The van der Waals surface area contributed by atoms with Gasteiger partial charge < -0.3 is 23.7 Å². The van der Waals surface area contributed by atoms with Gasteiger partial charge in [-0.2, -0.15) is 0 Å². The molecule has 0 bridgehead atoms. The molecule has 65 heavy (non-hydrogen) atoms. The number of hydrogen-bond acceptors (Lipinski definition) is 6. The van der Waals surface area contributed by atoms with Crippen LogP contribution in [0.4, 0.5) is 0 Å². The Hall–Kier alpha value is -5.17. The molecule has 1 atom stereocenters. The van der Waals surface area contributed by atoms with Crippen LogP contribution in [0, 0.1) is 0 Å². The minimum absolute atomic E-state index is 0.221. The van der Waals surface area contributed by atoms with Crippen LogP contribution < -0.4 is 9.47 Å². The van der Waals surface area contributed by atoms with Gasteiger partial charge in [-0.3, -0.25) is 0 Å². The zero-order valence-electron chi connectivity index (χ0n) is 39.1. The largest absolute Gasteiger partial charge is 0.497 e. The second-order valence-corrected chi connectivity index (χ2v) is 17.8. The molecule has 5 aromatic rings. The number of carbonyl (C=O) groups excluding carboxylic acids is 1. The van der Waals surface area contributed by atoms with E-state index in [1.54, 1.807) is 7.11 Å². The summed E-state index contributed by atoms with van der Waals surface area (Å²) >= 11 is 0. The molecule has 1 aliphatic heterocycles. The molecule has 0 amide bonds.